The Morgan fingerprint density at radius 1 is 1.29 bits per heavy atom. The number of hydrogen-bond donors (Lipinski definition) is 1. The molecule has 0 saturated heterocycles. The molecule has 0 fully saturated rings. The van der Waals surface area contributed by atoms with Crippen molar-refractivity contribution in [3.8, 4) is 0 Å². The van der Waals surface area contributed by atoms with Gasteiger partial charge in [-0.25, -0.2) is 4.39 Å². The number of fused-ring (bicyclic) bond motifs is 2. The van der Waals surface area contributed by atoms with Crippen LogP contribution >= 0.6 is 0 Å². The lowest BCUT2D eigenvalue weighted by Crippen LogP contribution is -2.36. The number of aromatic nitrogens is 3. The molecule has 0 aliphatic carbocycles. The number of hydrogen-bond acceptors (Lipinski definition) is 3. The number of nitrogens with zero attached hydrogens (tertiary/aromatic N) is 3. The summed E-state index contributed by atoms with van der Waals surface area (Å²) in [6.45, 7) is 4.89. The van der Waals surface area contributed by atoms with Crippen molar-refractivity contribution in [3.05, 3.63) is 62.3 Å². The van der Waals surface area contributed by atoms with Gasteiger partial charge in [0, 0.05) is 37.5 Å². The van der Waals surface area contributed by atoms with Gasteiger partial charge in [-0.1, -0.05) is 6.07 Å². The molecule has 2 aromatic heterocycles. The molecule has 1 aliphatic heterocycles. The fourth-order valence-electron chi connectivity index (χ4n) is 4.18. The van der Waals surface area contributed by atoms with E-state index in [1.54, 1.807) is 28.8 Å². The second kappa shape index (κ2) is 6.89. The summed E-state index contributed by atoms with van der Waals surface area (Å²) in [5.74, 6) is -0.230. The van der Waals surface area contributed by atoms with Gasteiger partial charge in [0.05, 0.1) is 5.69 Å². The van der Waals surface area contributed by atoms with Crippen LogP contribution in [0.5, 0.6) is 0 Å². The van der Waals surface area contributed by atoms with E-state index in [4.69, 9.17) is 0 Å². The van der Waals surface area contributed by atoms with Crippen molar-refractivity contribution in [1.29, 1.82) is 0 Å². The molecule has 3 heterocycles. The van der Waals surface area contributed by atoms with Gasteiger partial charge in [-0.05, 0) is 55.5 Å². The molecule has 4 rings (SSSR count). The second-order valence-corrected chi connectivity index (χ2v) is 7.47. The Hall–Kier alpha value is -2.96. The lowest BCUT2D eigenvalue weighted by Gasteiger charge is -2.29. The van der Waals surface area contributed by atoms with Gasteiger partial charge >= 0.3 is 0 Å². The van der Waals surface area contributed by atoms with E-state index in [9.17, 15) is 14.0 Å². The van der Waals surface area contributed by atoms with Gasteiger partial charge in [-0.2, -0.15) is 5.10 Å². The molecule has 0 atom stereocenters. The first kappa shape index (κ1) is 18.4. The number of carbonyl (C=O) groups excluding carboxylic acids is 1. The first-order valence-electron chi connectivity index (χ1n) is 9.45. The van der Waals surface area contributed by atoms with Crippen molar-refractivity contribution in [1.82, 2.24) is 19.7 Å². The Balaban J connectivity index is 1.52. The lowest BCUT2D eigenvalue weighted by atomic mass is 9.98. The van der Waals surface area contributed by atoms with E-state index in [1.807, 2.05) is 13.8 Å². The highest BCUT2D eigenvalue weighted by Crippen LogP contribution is 2.23. The van der Waals surface area contributed by atoms with Gasteiger partial charge in [-0.3, -0.25) is 14.3 Å². The largest absolute Gasteiger partial charge is 0.338 e. The van der Waals surface area contributed by atoms with Crippen LogP contribution in [-0.2, 0) is 31.2 Å². The lowest BCUT2D eigenvalue weighted by molar-refractivity contribution is -0.132. The number of pyridine rings is 1. The average molecular weight is 382 g/mol. The van der Waals surface area contributed by atoms with Gasteiger partial charge < -0.3 is 9.88 Å². The van der Waals surface area contributed by atoms with E-state index in [0.717, 1.165) is 27.8 Å². The van der Waals surface area contributed by atoms with Gasteiger partial charge in [0.1, 0.15) is 11.5 Å². The number of aromatic amines is 1. The number of rotatable bonds is 3. The Bertz CT molecular complexity index is 1150. The van der Waals surface area contributed by atoms with Gasteiger partial charge in [0.25, 0.3) is 5.56 Å². The van der Waals surface area contributed by atoms with Crippen LogP contribution in [0.4, 0.5) is 4.39 Å². The van der Waals surface area contributed by atoms with E-state index in [0.29, 0.717) is 37.1 Å². The summed E-state index contributed by atoms with van der Waals surface area (Å²) in [6.07, 6.45) is 1.31. The third-order valence-corrected chi connectivity index (χ3v) is 5.68. The van der Waals surface area contributed by atoms with E-state index < -0.39 is 0 Å². The maximum Gasteiger partial charge on any atom is 0.253 e. The number of aryl methyl sites for hydroxylation is 3. The molecule has 0 radical (unpaired) electrons. The number of benzene rings is 1. The zero-order valence-electron chi connectivity index (χ0n) is 16.3. The van der Waals surface area contributed by atoms with Crippen molar-refractivity contribution in [2.45, 2.75) is 39.7 Å². The van der Waals surface area contributed by atoms with Crippen LogP contribution in [0.2, 0.25) is 0 Å². The molecule has 6 nitrogen and oxygen atoms in total. The zero-order chi connectivity index (χ0) is 20.0. The number of H-pyrrole nitrogens is 1. The van der Waals surface area contributed by atoms with Crippen LogP contribution in [0.1, 0.15) is 34.4 Å². The standard InChI is InChI=1S/C21H23FN4O2/c1-12-17(21(28)23-20-19(12)13(2)24-25(20)3)6-7-18(27)26-9-8-14-10-16(22)5-4-15(14)11-26/h4-5,10H,6-9,11H2,1-3H3,(H,23,28). The monoisotopic (exact) mass is 382 g/mol. The minimum absolute atomic E-state index is 0.0109. The Kier molecular flexibility index (Phi) is 4.53. The SMILES string of the molecule is Cc1nn(C)c2[nH]c(=O)c(CCC(=O)N3CCc4cc(F)ccc4C3)c(C)c12. The minimum atomic E-state index is -0.241. The first-order chi connectivity index (χ1) is 13.3. The van der Waals surface area contributed by atoms with E-state index in [-0.39, 0.29) is 23.7 Å². The summed E-state index contributed by atoms with van der Waals surface area (Å²) in [7, 11) is 1.80. The van der Waals surface area contributed by atoms with Gasteiger partial charge in [0.2, 0.25) is 5.91 Å². The van der Waals surface area contributed by atoms with Crippen molar-refractivity contribution >= 4 is 16.9 Å². The predicted molar refractivity (Wildman–Crippen MR) is 105 cm³/mol. The van der Waals surface area contributed by atoms with E-state index >= 15 is 0 Å². The number of carbonyl (C=O) groups is 1. The highest BCUT2D eigenvalue weighted by molar-refractivity contribution is 5.83. The van der Waals surface area contributed by atoms with Crippen LogP contribution in [-0.4, -0.2) is 32.1 Å². The molecular formula is C21H23FN4O2. The molecule has 0 unspecified atom stereocenters. The molecule has 146 valence electrons. The Morgan fingerprint density at radius 3 is 2.86 bits per heavy atom. The second-order valence-electron chi connectivity index (χ2n) is 7.47. The van der Waals surface area contributed by atoms with Crippen molar-refractivity contribution < 1.29 is 9.18 Å². The van der Waals surface area contributed by atoms with Crippen LogP contribution in [0, 0.1) is 19.7 Å². The van der Waals surface area contributed by atoms with Gasteiger partial charge in [-0.15, -0.1) is 0 Å². The molecule has 0 saturated carbocycles. The first-order valence-corrected chi connectivity index (χ1v) is 9.45. The molecule has 1 amide bonds. The van der Waals surface area contributed by atoms with Crippen molar-refractivity contribution in [2.75, 3.05) is 6.54 Å². The van der Waals surface area contributed by atoms with Crippen LogP contribution in [0.25, 0.3) is 11.0 Å². The summed E-state index contributed by atoms with van der Waals surface area (Å²) in [6, 6.07) is 4.73. The number of halogens is 1. The molecule has 7 heteroatoms. The third kappa shape index (κ3) is 3.10. The summed E-state index contributed by atoms with van der Waals surface area (Å²) in [5, 5.41) is 5.32. The highest BCUT2D eigenvalue weighted by atomic mass is 19.1. The van der Waals surface area contributed by atoms with Crippen LogP contribution in [0.3, 0.4) is 0 Å². The van der Waals surface area contributed by atoms with Gasteiger partial charge in [0.15, 0.2) is 0 Å². The average Bonchev–Trinajstić information content (AvgIpc) is 2.94. The molecule has 3 aromatic rings. The Labute approximate surface area is 162 Å². The Morgan fingerprint density at radius 2 is 2.07 bits per heavy atom. The topological polar surface area (TPSA) is 71.0 Å². The number of nitrogens with one attached hydrogen (secondary N) is 1. The highest BCUT2D eigenvalue weighted by Gasteiger charge is 2.22. The normalized spacial score (nSPS) is 13.8. The number of amides is 1. The molecule has 1 aliphatic rings. The molecule has 0 bridgehead atoms. The quantitative estimate of drug-likeness (QED) is 0.757. The van der Waals surface area contributed by atoms with E-state index in [1.165, 1.54) is 6.07 Å². The predicted octanol–water partition coefficient (Wildman–Crippen LogP) is 2.54. The third-order valence-electron chi connectivity index (χ3n) is 5.68. The molecule has 1 N–H and O–H groups in total. The van der Waals surface area contributed by atoms with Crippen molar-refractivity contribution in [2.24, 2.45) is 7.05 Å². The van der Waals surface area contributed by atoms with E-state index in [2.05, 4.69) is 10.1 Å². The molecular weight excluding hydrogens is 359 g/mol. The minimum Gasteiger partial charge on any atom is -0.338 e. The molecule has 28 heavy (non-hydrogen) atoms. The molecule has 0 spiro atoms. The smallest absolute Gasteiger partial charge is 0.253 e. The summed E-state index contributed by atoms with van der Waals surface area (Å²) in [4.78, 5) is 30.0. The van der Waals surface area contributed by atoms with Crippen LogP contribution < -0.4 is 5.56 Å². The summed E-state index contributed by atoms with van der Waals surface area (Å²) < 4.78 is 15.0. The van der Waals surface area contributed by atoms with Crippen molar-refractivity contribution in [3.63, 3.8) is 0 Å². The summed E-state index contributed by atoms with van der Waals surface area (Å²) in [5.41, 5.74) is 4.87. The summed E-state index contributed by atoms with van der Waals surface area (Å²) >= 11 is 0. The fourth-order valence-corrected chi connectivity index (χ4v) is 4.18. The maximum atomic E-state index is 13.4. The van der Waals surface area contributed by atoms with Crippen LogP contribution in [0.15, 0.2) is 23.0 Å². The maximum absolute atomic E-state index is 13.4. The zero-order valence-corrected chi connectivity index (χ0v) is 16.3. The molecule has 1 aromatic carbocycles. The fraction of sp³-hybridized carbons (Fsp3) is 0.381.